The number of nitrogens with zero attached hydrogens (tertiary/aromatic N) is 2. The Hall–Kier alpha value is -3.27. The molecule has 0 aliphatic carbocycles. The molecule has 41 heavy (non-hydrogen) atoms. The Morgan fingerprint density at radius 3 is 2.02 bits per heavy atom. The minimum Gasteiger partial charge on any atom is -0.481 e. The van der Waals surface area contributed by atoms with Gasteiger partial charge in [-0.25, -0.2) is 17.5 Å². The molecule has 0 bridgehead atoms. The minimum atomic E-state index is -3.82. The van der Waals surface area contributed by atoms with Crippen molar-refractivity contribution in [2.75, 3.05) is 12.8 Å². The smallest absolute Gasteiger partial charge is 0.347 e. The molecule has 0 saturated carbocycles. The number of hydrogen-bond acceptors (Lipinski definition) is 10. The van der Waals surface area contributed by atoms with Gasteiger partial charge in [0.25, 0.3) is 0 Å². The number of rotatable bonds is 13. The first-order valence-electron chi connectivity index (χ1n) is 13.5. The molecule has 16 heteroatoms. The summed E-state index contributed by atoms with van der Waals surface area (Å²) in [6, 6.07) is -5.12. The van der Waals surface area contributed by atoms with Crippen LogP contribution in [0.15, 0.2) is 0 Å². The van der Waals surface area contributed by atoms with Crippen LogP contribution in [-0.2, 0) is 43.6 Å². The van der Waals surface area contributed by atoms with E-state index in [1.807, 2.05) is 0 Å². The van der Waals surface area contributed by atoms with Crippen molar-refractivity contribution in [2.45, 2.75) is 91.0 Å². The molecule has 4 amide bonds. The summed E-state index contributed by atoms with van der Waals surface area (Å²) in [6.45, 7) is 9.67. The molecule has 2 aliphatic rings. The molecule has 2 heterocycles. The van der Waals surface area contributed by atoms with Crippen molar-refractivity contribution in [2.24, 2.45) is 17.8 Å². The summed E-state index contributed by atoms with van der Waals surface area (Å²) in [5.74, 6) is -6.58. The molecule has 2 aliphatic heterocycles. The summed E-state index contributed by atoms with van der Waals surface area (Å²) < 4.78 is 25.5. The van der Waals surface area contributed by atoms with Crippen molar-refractivity contribution in [1.29, 1.82) is 0 Å². The van der Waals surface area contributed by atoms with Gasteiger partial charge in [0.05, 0.1) is 30.7 Å². The van der Waals surface area contributed by atoms with Crippen LogP contribution in [0.4, 0.5) is 0 Å². The second-order valence-electron chi connectivity index (χ2n) is 11.1. The van der Waals surface area contributed by atoms with E-state index < -0.39 is 100.0 Å². The van der Waals surface area contributed by atoms with E-state index in [2.05, 4.69) is 16.0 Å². The van der Waals surface area contributed by atoms with Crippen LogP contribution >= 0.6 is 0 Å². The van der Waals surface area contributed by atoms with E-state index in [-0.39, 0.29) is 13.0 Å². The van der Waals surface area contributed by atoms with E-state index in [9.17, 15) is 37.2 Å². The number of aliphatic carboxylic acids is 1. The molecule has 4 N–H and O–H groups in total. The fraction of sp³-hybridized carbons (Fsp3) is 0.760. The summed E-state index contributed by atoms with van der Waals surface area (Å²) in [6.07, 6.45) is 0.874. The van der Waals surface area contributed by atoms with Crippen LogP contribution in [-0.4, -0.2) is 101 Å². The second kappa shape index (κ2) is 13.6. The predicted octanol–water partition coefficient (Wildman–Crippen LogP) is -1.02. The lowest BCUT2D eigenvalue weighted by Gasteiger charge is -2.30. The molecule has 0 aromatic carbocycles. The number of carbonyl (C=O) groups is 6. The van der Waals surface area contributed by atoms with E-state index in [1.165, 1.54) is 5.06 Å². The van der Waals surface area contributed by atoms with Gasteiger partial charge >= 0.3 is 11.9 Å². The molecule has 0 radical (unpaired) electrons. The predicted molar refractivity (Wildman–Crippen MR) is 144 cm³/mol. The van der Waals surface area contributed by atoms with Gasteiger partial charge in [0.1, 0.15) is 18.1 Å². The number of carboxylic acid groups (broad SMARTS) is 1. The molecule has 6 atom stereocenters. The Morgan fingerprint density at radius 2 is 1.56 bits per heavy atom. The van der Waals surface area contributed by atoms with Crippen LogP contribution in [0.5, 0.6) is 0 Å². The zero-order valence-electron chi connectivity index (χ0n) is 24.4. The highest BCUT2D eigenvalue weighted by Gasteiger charge is 2.57. The third kappa shape index (κ3) is 8.15. The molecule has 15 nitrogen and oxygen atoms in total. The second-order valence-corrected chi connectivity index (χ2v) is 13.0. The van der Waals surface area contributed by atoms with Crippen LogP contribution in [0.3, 0.4) is 0 Å². The summed E-state index contributed by atoms with van der Waals surface area (Å²) in [5, 5.41) is 17.7. The van der Waals surface area contributed by atoms with E-state index in [1.54, 1.807) is 34.6 Å². The fourth-order valence-corrected chi connectivity index (χ4v) is 6.42. The van der Waals surface area contributed by atoms with Crippen molar-refractivity contribution >= 4 is 45.6 Å². The van der Waals surface area contributed by atoms with Crippen LogP contribution in [0, 0.1) is 17.8 Å². The van der Waals surface area contributed by atoms with Crippen molar-refractivity contribution in [3.05, 3.63) is 0 Å². The fourth-order valence-electron chi connectivity index (χ4n) is 5.23. The molecule has 0 aromatic heterocycles. The number of carboxylic acids is 1. The summed E-state index contributed by atoms with van der Waals surface area (Å²) in [5.41, 5.74) is 0. The first-order valence-corrected chi connectivity index (χ1v) is 15.4. The highest BCUT2D eigenvalue weighted by molar-refractivity contribution is 7.88. The summed E-state index contributed by atoms with van der Waals surface area (Å²) >= 11 is 0. The molecule has 0 spiro atoms. The molecule has 1 unspecified atom stereocenters. The molecule has 0 aromatic rings. The normalized spacial score (nSPS) is 23.1. The Balaban J connectivity index is 2.19. The van der Waals surface area contributed by atoms with Gasteiger partial charge in [0.2, 0.25) is 33.7 Å². The number of hydrogen-bond donors (Lipinski definition) is 4. The molecular weight excluding hydrogens is 562 g/mol. The van der Waals surface area contributed by atoms with Crippen LogP contribution in [0.1, 0.15) is 60.8 Å². The first kappa shape index (κ1) is 33.9. The average Bonchev–Trinajstić information content (AvgIpc) is 3.34. The highest BCUT2D eigenvalue weighted by Crippen LogP contribution is 2.39. The van der Waals surface area contributed by atoms with E-state index >= 15 is 0 Å². The lowest BCUT2D eigenvalue weighted by atomic mass is 9.97. The number of hydroxylamine groups is 2. The number of sulfonamides is 1. The third-order valence-corrected chi connectivity index (χ3v) is 8.33. The monoisotopic (exact) mass is 603 g/mol. The van der Waals surface area contributed by atoms with Crippen molar-refractivity contribution < 1.29 is 47.1 Å². The number of nitrogens with one attached hydrogen (secondary N) is 3. The van der Waals surface area contributed by atoms with Crippen LogP contribution in [0.25, 0.3) is 0 Å². The van der Waals surface area contributed by atoms with Gasteiger partial charge in [-0.2, -0.15) is 0 Å². The van der Waals surface area contributed by atoms with E-state index in [4.69, 9.17) is 9.94 Å². The minimum absolute atomic E-state index is 0.189. The standard InChI is InChI=1S/C25H41N5O10S/c1-8-15-21-17(30(24(15)36)41(7,38)39)9-10-29(21)40-25(37)20(13(4)5)28-23(35)19(12(2)3)27-22(34)16(11-18(32)33)26-14(6)31/h12-13,15-17,19-21H,8-11H2,1-7H3,(H,26,31)(H,27,34)(H,28,35)(H,32,33)/t15?,16-,17-,19-,20-,21+/m0/s1. The maximum atomic E-state index is 13.3. The number of carbonyl (C=O) groups excluding carboxylic acids is 5. The highest BCUT2D eigenvalue weighted by atomic mass is 32.2. The molecule has 232 valence electrons. The molecule has 2 saturated heterocycles. The van der Waals surface area contributed by atoms with Crippen LogP contribution in [0.2, 0.25) is 0 Å². The topological polar surface area (TPSA) is 209 Å². The van der Waals surface area contributed by atoms with Crippen molar-refractivity contribution in [3.8, 4) is 0 Å². The Kier molecular flexibility index (Phi) is 11.3. The quantitative estimate of drug-likeness (QED) is 0.200. The average molecular weight is 604 g/mol. The molecule has 2 fully saturated rings. The van der Waals surface area contributed by atoms with Gasteiger partial charge in [-0.05, 0) is 24.7 Å². The van der Waals surface area contributed by atoms with Gasteiger partial charge in [-0.1, -0.05) is 34.6 Å². The Bertz CT molecular complexity index is 1140. The molecular formula is C25H41N5O10S. The van der Waals surface area contributed by atoms with Gasteiger partial charge in [0.15, 0.2) is 0 Å². The van der Waals surface area contributed by atoms with E-state index in [0.29, 0.717) is 6.42 Å². The van der Waals surface area contributed by atoms with Crippen LogP contribution < -0.4 is 16.0 Å². The van der Waals surface area contributed by atoms with Gasteiger partial charge in [0, 0.05) is 13.5 Å². The first-order chi connectivity index (χ1) is 18.9. The molecule has 2 rings (SSSR count). The summed E-state index contributed by atoms with van der Waals surface area (Å²) in [7, 11) is -3.82. The van der Waals surface area contributed by atoms with E-state index in [0.717, 1.165) is 17.5 Å². The van der Waals surface area contributed by atoms with Gasteiger partial charge in [-0.3, -0.25) is 24.0 Å². The number of fused-ring (bicyclic) bond motifs is 1. The lowest BCUT2D eigenvalue weighted by molar-refractivity contribution is -0.202. The zero-order valence-corrected chi connectivity index (χ0v) is 25.2. The largest absolute Gasteiger partial charge is 0.481 e. The Morgan fingerprint density at radius 1 is 1.00 bits per heavy atom. The SMILES string of the molecule is CCC1C(=O)N(S(C)(=O)=O)[C@H]2CCN(OC(=O)[C@@H](NC(=O)[C@@H](NC(=O)[C@H](CC(=O)O)NC(C)=O)C(C)C)C(C)C)[C@H]12. The maximum absolute atomic E-state index is 13.3. The van der Waals surface area contributed by atoms with Crippen molar-refractivity contribution in [1.82, 2.24) is 25.3 Å². The maximum Gasteiger partial charge on any atom is 0.347 e. The number of amides is 4. The Labute approximate surface area is 239 Å². The third-order valence-electron chi connectivity index (χ3n) is 7.16. The van der Waals surface area contributed by atoms with Crippen molar-refractivity contribution in [3.63, 3.8) is 0 Å². The van der Waals surface area contributed by atoms with Gasteiger partial charge in [-0.15, -0.1) is 5.06 Å². The zero-order chi connectivity index (χ0) is 31.4. The lowest BCUT2D eigenvalue weighted by Crippen LogP contribution is -2.58. The summed E-state index contributed by atoms with van der Waals surface area (Å²) in [4.78, 5) is 80.4. The van der Waals surface area contributed by atoms with Gasteiger partial charge < -0.3 is 25.9 Å².